The minimum Gasteiger partial charge on any atom is -0.368 e. The highest BCUT2D eigenvalue weighted by Gasteiger charge is 2.41. The van der Waals surface area contributed by atoms with Gasteiger partial charge in [-0.15, -0.1) is 0 Å². The van der Waals surface area contributed by atoms with E-state index in [1.54, 1.807) is 50.2 Å². The molecule has 0 bridgehead atoms. The van der Waals surface area contributed by atoms with Crippen LogP contribution >= 0.6 is 39.7 Å². The van der Waals surface area contributed by atoms with E-state index in [4.69, 9.17) is 28.6 Å². The van der Waals surface area contributed by atoms with E-state index in [0.29, 0.717) is 21.8 Å². The Balaban J connectivity index is 2.87. The number of hydrogen-bond donors (Lipinski definition) is 0. The molecule has 1 aromatic heterocycles. The summed E-state index contributed by atoms with van der Waals surface area (Å²) in [6, 6.07) is 6.57. The monoisotopic (exact) mass is 468 g/mol. The SMILES string of the molecule is CCOCn1c(-c2ccc(Cl)cc2)c(C(=S)N(C)C)c(Br)c1C(F)(F)F. The van der Waals surface area contributed by atoms with Gasteiger partial charge in [-0.1, -0.05) is 36.0 Å². The number of ether oxygens (including phenoxy) is 1. The Morgan fingerprint density at radius 1 is 1.27 bits per heavy atom. The second kappa shape index (κ2) is 8.29. The van der Waals surface area contributed by atoms with E-state index in [1.165, 1.54) is 0 Å². The van der Waals surface area contributed by atoms with Crippen molar-refractivity contribution in [3.8, 4) is 11.3 Å². The number of aromatic nitrogens is 1. The van der Waals surface area contributed by atoms with Crippen molar-refractivity contribution in [1.82, 2.24) is 9.47 Å². The van der Waals surface area contributed by atoms with E-state index in [1.807, 2.05) is 0 Å². The van der Waals surface area contributed by atoms with Crippen molar-refractivity contribution in [2.75, 3.05) is 20.7 Å². The quantitative estimate of drug-likeness (QED) is 0.514. The third-order valence-electron chi connectivity index (χ3n) is 3.63. The van der Waals surface area contributed by atoms with E-state index < -0.39 is 11.9 Å². The lowest BCUT2D eigenvalue weighted by Gasteiger charge is -2.17. The molecule has 2 rings (SSSR count). The van der Waals surface area contributed by atoms with Crippen LogP contribution in [-0.4, -0.2) is 35.2 Å². The zero-order valence-electron chi connectivity index (χ0n) is 14.3. The van der Waals surface area contributed by atoms with Gasteiger partial charge >= 0.3 is 6.18 Å². The Morgan fingerprint density at radius 2 is 1.85 bits per heavy atom. The first kappa shape index (κ1) is 21.2. The van der Waals surface area contributed by atoms with Gasteiger partial charge in [0.2, 0.25) is 0 Å². The summed E-state index contributed by atoms with van der Waals surface area (Å²) in [5.74, 6) is 0. The van der Waals surface area contributed by atoms with Gasteiger partial charge in [0.05, 0.1) is 10.2 Å². The highest BCUT2D eigenvalue weighted by atomic mass is 79.9. The van der Waals surface area contributed by atoms with Crippen molar-refractivity contribution >= 4 is 44.7 Å². The van der Waals surface area contributed by atoms with Gasteiger partial charge in [-0.25, -0.2) is 0 Å². The molecular weight excluding hydrogens is 453 g/mol. The number of hydrogen-bond acceptors (Lipinski definition) is 2. The molecule has 0 atom stereocenters. The van der Waals surface area contributed by atoms with Gasteiger partial charge in [-0.2, -0.15) is 13.2 Å². The summed E-state index contributed by atoms with van der Waals surface area (Å²) in [5, 5.41) is 0.489. The van der Waals surface area contributed by atoms with Gasteiger partial charge in [0.15, 0.2) is 0 Å². The topological polar surface area (TPSA) is 17.4 Å². The van der Waals surface area contributed by atoms with Crippen LogP contribution in [-0.2, 0) is 17.6 Å². The zero-order chi connectivity index (χ0) is 19.6. The Kier molecular flexibility index (Phi) is 6.76. The Bertz CT molecular complexity index is 804. The van der Waals surface area contributed by atoms with Crippen molar-refractivity contribution in [3.05, 3.63) is 45.0 Å². The Hall–Kier alpha value is -1.09. The second-order valence-corrected chi connectivity index (χ2v) is 7.26. The molecule has 1 heterocycles. The first-order valence-electron chi connectivity index (χ1n) is 7.64. The summed E-state index contributed by atoms with van der Waals surface area (Å²) in [7, 11) is 3.38. The van der Waals surface area contributed by atoms with Crippen LogP contribution in [0, 0.1) is 0 Å². The van der Waals surface area contributed by atoms with Crippen LogP contribution in [0.5, 0.6) is 0 Å². The normalized spacial score (nSPS) is 11.7. The molecule has 0 saturated carbocycles. The van der Waals surface area contributed by atoms with Crippen LogP contribution < -0.4 is 0 Å². The largest absolute Gasteiger partial charge is 0.432 e. The number of alkyl halides is 3. The van der Waals surface area contributed by atoms with Crippen LogP contribution in [0.1, 0.15) is 18.2 Å². The minimum atomic E-state index is -4.59. The Morgan fingerprint density at radius 3 is 2.31 bits per heavy atom. The maximum atomic E-state index is 13.8. The molecule has 0 unspecified atom stereocenters. The molecule has 0 aliphatic heterocycles. The first-order chi connectivity index (χ1) is 12.1. The van der Waals surface area contributed by atoms with E-state index in [0.717, 1.165) is 4.57 Å². The average Bonchev–Trinajstić information content (AvgIpc) is 2.85. The van der Waals surface area contributed by atoms with Gasteiger partial charge in [0.25, 0.3) is 0 Å². The number of benzene rings is 1. The number of halogens is 5. The minimum absolute atomic E-state index is 0.103. The third kappa shape index (κ3) is 4.24. The van der Waals surface area contributed by atoms with E-state index in [2.05, 4.69) is 15.9 Å². The van der Waals surface area contributed by atoms with E-state index in [-0.39, 0.29) is 22.8 Å². The molecule has 0 spiro atoms. The van der Waals surface area contributed by atoms with Gasteiger partial charge in [0.1, 0.15) is 17.4 Å². The summed E-state index contributed by atoms with van der Waals surface area (Å²) in [6.45, 7) is 1.75. The standard InChI is InChI=1S/C17H17BrClF3N2OS/c1-4-25-9-24-14(10-5-7-11(19)8-6-10)12(16(26)23(2)3)13(18)15(24)17(20,21)22/h5-8H,4,9H2,1-3H3. The van der Waals surface area contributed by atoms with Crippen molar-refractivity contribution in [3.63, 3.8) is 0 Å². The van der Waals surface area contributed by atoms with Crippen LogP contribution in [0.25, 0.3) is 11.3 Å². The van der Waals surface area contributed by atoms with Gasteiger partial charge in [0, 0.05) is 31.3 Å². The number of nitrogens with zero attached hydrogens (tertiary/aromatic N) is 2. The van der Waals surface area contributed by atoms with Crippen LogP contribution in [0.15, 0.2) is 28.7 Å². The third-order valence-corrected chi connectivity index (χ3v) is 5.23. The maximum absolute atomic E-state index is 13.8. The fourth-order valence-corrected chi connectivity index (χ4v) is 3.77. The molecule has 0 saturated heterocycles. The highest BCUT2D eigenvalue weighted by Crippen LogP contribution is 2.44. The fraction of sp³-hybridized carbons (Fsp3) is 0.353. The molecule has 26 heavy (non-hydrogen) atoms. The van der Waals surface area contributed by atoms with Crippen LogP contribution in [0.2, 0.25) is 5.02 Å². The van der Waals surface area contributed by atoms with Crippen LogP contribution in [0.3, 0.4) is 0 Å². The lowest BCUT2D eigenvalue weighted by molar-refractivity contribution is -0.146. The second-order valence-electron chi connectivity index (χ2n) is 5.64. The molecular formula is C17H17BrClF3N2OS. The summed E-state index contributed by atoms with van der Waals surface area (Å²) >= 11 is 14.5. The molecule has 0 N–H and O–H groups in total. The molecule has 0 aliphatic rings. The van der Waals surface area contributed by atoms with Gasteiger partial charge in [-0.05, 0) is 40.5 Å². The lowest BCUT2D eigenvalue weighted by Crippen LogP contribution is -2.21. The summed E-state index contributed by atoms with van der Waals surface area (Å²) < 4.78 is 47.7. The maximum Gasteiger partial charge on any atom is 0.432 e. The van der Waals surface area contributed by atoms with E-state index >= 15 is 0 Å². The van der Waals surface area contributed by atoms with Crippen molar-refractivity contribution in [1.29, 1.82) is 0 Å². The zero-order valence-corrected chi connectivity index (χ0v) is 17.5. The fourth-order valence-electron chi connectivity index (χ4n) is 2.50. The van der Waals surface area contributed by atoms with Crippen molar-refractivity contribution in [2.24, 2.45) is 0 Å². The summed E-state index contributed by atoms with van der Waals surface area (Å²) in [4.78, 5) is 1.88. The first-order valence-corrected chi connectivity index (χ1v) is 9.22. The predicted molar refractivity (Wildman–Crippen MR) is 105 cm³/mol. The van der Waals surface area contributed by atoms with E-state index in [9.17, 15) is 13.2 Å². The van der Waals surface area contributed by atoms with Crippen LogP contribution in [0.4, 0.5) is 13.2 Å². The highest BCUT2D eigenvalue weighted by molar-refractivity contribution is 9.10. The van der Waals surface area contributed by atoms with Gasteiger partial charge < -0.3 is 14.2 Å². The molecule has 0 amide bonds. The molecule has 1 aromatic carbocycles. The molecule has 0 aliphatic carbocycles. The van der Waals surface area contributed by atoms with Crippen molar-refractivity contribution in [2.45, 2.75) is 19.8 Å². The number of rotatable bonds is 5. The van der Waals surface area contributed by atoms with Gasteiger partial charge in [-0.3, -0.25) is 0 Å². The number of thiocarbonyl (C=S) groups is 1. The lowest BCUT2D eigenvalue weighted by atomic mass is 10.1. The molecule has 2 aromatic rings. The smallest absolute Gasteiger partial charge is 0.368 e. The average molecular weight is 470 g/mol. The molecule has 9 heteroatoms. The molecule has 3 nitrogen and oxygen atoms in total. The molecule has 142 valence electrons. The Labute approximate surface area is 168 Å². The molecule has 0 radical (unpaired) electrons. The predicted octanol–water partition coefficient (Wildman–Crippen LogP) is 5.82. The summed E-state index contributed by atoms with van der Waals surface area (Å²) in [5.41, 5.74) is 0.340. The van der Waals surface area contributed by atoms with Crippen molar-refractivity contribution < 1.29 is 17.9 Å². The summed E-state index contributed by atoms with van der Waals surface area (Å²) in [6.07, 6.45) is -4.59. The molecule has 0 fully saturated rings.